The zero-order valence-electron chi connectivity index (χ0n) is 13.4. The standard InChI is InChI=1S/C15H15F3N2O5S/c1-2-23-12(21)10-11(7-3-4-8-9(5-7)25-6-24-8)19-13(26)20-14(10,22)15(16,17)18/h3-5,10-11,22H,2,6H2,1H3,(H2,19,20,26)/t10-,11+,14-/m1/s1. The van der Waals surface area contributed by atoms with Crippen molar-refractivity contribution in [3.63, 3.8) is 0 Å². The van der Waals surface area contributed by atoms with Crippen molar-refractivity contribution in [1.29, 1.82) is 0 Å². The fourth-order valence-electron chi connectivity index (χ4n) is 2.92. The summed E-state index contributed by atoms with van der Waals surface area (Å²) in [6.07, 6.45) is -5.19. The highest BCUT2D eigenvalue weighted by molar-refractivity contribution is 7.80. The molecule has 0 spiro atoms. The predicted molar refractivity (Wildman–Crippen MR) is 85.3 cm³/mol. The monoisotopic (exact) mass is 392 g/mol. The van der Waals surface area contributed by atoms with Crippen LogP contribution in [-0.4, -0.2) is 41.5 Å². The lowest BCUT2D eigenvalue weighted by molar-refractivity contribution is -0.292. The maximum atomic E-state index is 13.6. The van der Waals surface area contributed by atoms with Gasteiger partial charge in [-0.15, -0.1) is 0 Å². The van der Waals surface area contributed by atoms with Crippen LogP contribution < -0.4 is 20.1 Å². The maximum Gasteiger partial charge on any atom is 0.437 e. The number of alkyl halides is 3. The number of carbonyl (C=O) groups is 1. The molecule has 0 radical (unpaired) electrons. The van der Waals surface area contributed by atoms with E-state index in [0.29, 0.717) is 11.5 Å². The van der Waals surface area contributed by atoms with E-state index in [1.54, 1.807) is 5.32 Å². The SMILES string of the molecule is CCOC(=O)[C@H]1[C@H](c2ccc3c(c2)OCO3)NC(=S)N[C@]1(O)C(F)(F)F. The van der Waals surface area contributed by atoms with Crippen LogP contribution >= 0.6 is 12.2 Å². The van der Waals surface area contributed by atoms with E-state index in [-0.39, 0.29) is 19.0 Å². The molecule has 2 aliphatic rings. The van der Waals surface area contributed by atoms with E-state index in [4.69, 9.17) is 26.4 Å². The van der Waals surface area contributed by atoms with Crippen LogP contribution in [0.5, 0.6) is 11.5 Å². The van der Waals surface area contributed by atoms with Crippen LogP contribution in [0, 0.1) is 5.92 Å². The third kappa shape index (κ3) is 3.01. The van der Waals surface area contributed by atoms with Crippen LogP contribution in [0.25, 0.3) is 0 Å². The summed E-state index contributed by atoms with van der Waals surface area (Å²) in [5, 5.41) is 14.3. The number of nitrogens with one attached hydrogen (secondary N) is 2. The molecule has 3 atom stereocenters. The van der Waals surface area contributed by atoms with E-state index >= 15 is 0 Å². The molecule has 1 aromatic carbocycles. The quantitative estimate of drug-likeness (QED) is 0.525. The number of hydrogen-bond donors (Lipinski definition) is 3. The zero-order valence-corrected chi connectivity index (χ0v) is 14.2. The van der Waals surface area contributed by atoms with Crippen LogP contribution in [0.4, 0.5) is 13.2 Å². The Morgan fingerprint density at radius 2 is 2.12 bits per heavy atom. The lowest BCUT2D eigenvalue weighted by atomic mass is 9.82. The molecule has 0 amide bonds. The number of hydrogen-bond acceptors (Lipinski definition) is 6. The number of fused-ring (bicyclic) bond motifs is 1. The molecule has 2 aliphatic heterocycles. The second-order valence-electron chi connectivity index (χ2n) is 5.68. The highest BCUT2D eigenvalue weighted by Crippen LogP contribution is 2.44. The van der Waals surface area contributed by atoms with Gasteiger partial charge in [0, 0.05) is 0 Å². The van der Waals surface area contributed by atoms with Crippen molar-refractivity contribution in [2.24, 2.45) is 5.92 Å². The second kappa shape index (κ2) is 6.47. The number of benzene rings is 1. The van der Waals surface area contributed by atoms with E-state index in [9.17, 15) is 23.1 Å². The van der Waals surface area contributed by atoms with Gasteiger partial charge in [0.15, 0.2) is 16.6 Å². The van der Waals surface area contributed by atoms with Gasteiger partial charge >= 0.3 is 12.1 Å². The van der Waals surface area contributed by atoms with Crippen molar-refractivity contribution in [3.05, 3.63) is 23.8 Å². The number of aliphatic hydroxyl groups is 1. The number of halogens is 3. The number of carbonyl (C=O) groups excluding carboxylic acids is 1. The summed E-state index contributed by atoms with van der Waals surface area (Å²) in [4.78, 5) is 12.3. The van der Waals surface area contributed by atoms with Crippen LogP contribution in [0.3, 0.4) is 0 Å². The Bertz CT molecular complexity index is 744. The average Bonchev–Trinajstić information content (AvgIpc) is 3.00. The normalized spacial score (nSPS) is 27.5. The van der Waals surface area contributed by atoms with Gasteiger partial charge < -0.3 is 30.0 Å². The molecule has 2 heterocycles. The summed E-state index contributed by atoms with van der Waals surface area (Å²) >= 11 is 4.81. The number of thiocarbonyl (C=S) groups is 1. The molecule has 3 N–H and O–H groups in total. The first kappa shape index (κ1) is 18.5. The minimum absolute atomic E-state index is 0.0232. The largest absolute Gasteiger partial charge is 0.466 e. The van der Waals surface area contributed by atoms with Gasteiger partial charge in [0.05, 0.1) is 12.6 Å². The van der Waals surface area contributed by atoms with E-state index in [2.05, 4.69) is 5.32 Å². The van der Waals surface area contributed by atoms with Crippen molar-refractivity contribution < 1.29 is 37.3 Å². The molecule has 0 unspecified atom stereocenters. The van der Waals surface area contributed by atoms with Crippen molar-refractivity contribution in [1.82, 2.24) is 10.6 Å². The highest BCUT2D eigenvalue weighted by atomic mass is 32.1. The molecular weight excluding hydrogens is 377 g/mol. The zero-order chi connectivity index (χ0) is 19.1. The third-order valence-corrected chi connectivity index (χ3v) is 4.32. The Labute approximate surface area is 151 Å². The molecule has 11 heteroatoms. The van der Waals surface area contributed by atoms with E-state index in [1.807, 2.05) is 0 Å². The van der Waals surface area contributed by atoms with Gasteiger partial charge in [-0.3, -0.25) is 4.79 Å². The molecule has 26 heavy (non-hydrogen) atoms. The van der Waals surface area contributed by atoms with Crippen molar-refractivity contribution in [3.8, 4) is 11.5 Å². The lowest BCUT2D eigenvalue weighted by Crippen LogP contribution is -2.73. The lowest BCUT2D eigenvalue weighted by Gasteiger charge is -2.45. The van der Waals surface area contributed by atoms with Gasteiger partial charge in [0.25, 0.3) is 5.72 Å². The van der Waals surface area contributed by atoms with Gasteiger partial charge in [-0.1, -0.05) is 6.07 Å². The van der Waals surface area contributed by atoms with Crippen molar-refractivity contribution in [2.75, 3.05) is 13.4 Å². The minimum Gasteiger partial charge on any atom is -0.466 e. The Morgan fingerprint density at radius 1 is 1.42 bits per heavy atom. The summed E-state index contributed by atoms with van der Waals surface area (Å²) in [5.41, 5.74) is -3.35. The summed E-state index contributed by atoms with van der Waals surface area (Å²) in [6, 6.07) is 3.09. The molecule has 0 aliphatic carbocycles. The summed E-state index contributed by atoms with van der Waals surface area (Å²) in [5.74, 6) is -2.54. The van der Waals surface area contributed by atoms with Crippen molar-refractivity contribution >= 4 is 23.3 Å². The Hall–Kier alpha value is -2.27. The summed E-state index contributed by atoms with van der Waals surface area (Å²) < 4.78 is 56.0. The smallest absolute Gasteiger partial charge is 0.437 e. The van der Waals surface area contributed by atoms with E-state index in [0.717, 1.165) is 0 Å². The molecule has 1 saturated heterocycles. The molecule has 7 nitrogen and oxygen atoms in total. The molecule has 0 aromatic heterocycles. The molecular formula is C15H15F3N2O5S. The molecule has 3 rings (SSSR count). The Balaban J connectivity index is 2.08. The van der Waals surface area contributed by atoms with E-state index < -0.39 is 34.9 Å². The molecule has 1 fully saturated rings. The fourth-order valence-corrected chi connectivity index (χ4v) is 3.20. The second-order valence-corrected chi connectivity index (χ2v) is 6.09. The molecule has 142 valence electrons. The average molecular weight is 392 g/mol. The maximum absolute atomic E-state index is 13.6. The first-order chi connectivity index (χ1) is 12.2. The minimum atomic E-state index is -5.19. The van der Waals surface area contributed by atoms with Crippen LogP contribution in [0.15, 0.2) is 18.2 Å². The van der Waals surface area contributed by atoms with Crippen LogP contribution in [-0.2, 0) is 9.53 Å². The van der Waals surface area contributed by atoms with Gasteiger partial charge in [-0.05, 0) is 36.8 Å². The molecule has 0 bridgehead atoms. The fraction of sp³-hybridized carbons (Fsp3) is 0.467. The van der Waals surface area contributed by atoms with Gasteiger partial charge in [0.1, 0.15) is 5.92 Å². The molecule has 1 aromatic rings. The summed E-state index contributed by atoms with van der Waals surface area (Å²) in [6.45, 7) is 1.28. The third-order valence-electron chi connectivity index (χ3n) is 4.10. The highest BCUT2D eigenvalue weighted by Gasteiger charge is 2.66. The predicted octanol–water partition coefficient (Wildman–Crippen LogP) is 1.36. The number of ether oxygens (including phenoxy) is 3. The van der Waals surface area contributed by atoms with Crippen LogP contribution in [0.1, 0.15) is 18.5 Å². The van der Waals surface area contributed by atoms with Gasteiger partial charge in [-0.2, -0.15) is 13.2 Å². The Morgan fingerprint density at radius 3 is 2.77 bits per heavy atom. The van der Waals surface area contributed by atoms with Gasteiger partial charge in [-0.25, -0.2) is 0 Å². The first-order valence-corrected chi connectivity index (χ1v) is 8.02. The first-order valence-electron chi connectivity index (χ1n) is 7.61. The van der Waals surface area contributed by atoms with Crippen molar-refractivity contribution in [2.45, 2.75) is 24.9 Å². The summed E-state index contributed by atoms with van der Waals surface area (Å²) in [7, 11) is 0. The van der Waals surface area contributed by atoms with Crippen LogP contribution in [0.2, 0.25) is 0 Å². The molecule has 0 saturated carbocycles. The number of esters is 1. The van der Waals surface area contributed by atoms with Gasteiger partial charge in [0.2, 0.25) is 6.79 Å². The number of rotatable bonds is 3. The Kier molecular flexibility index (Phi) is 4.61. The topological polar surface area (TPSA) is 89.1 Å². The van der Waals surface area contributed by atoms with E-state index in [1.165, 1.54) is 25.1 Å².